The van der Waals surface area contributed by atoms with Gasteiger partial charge in [-0.15, -0.1) is 0 Å². The monoisotopic (exact) mass is 669 g/mol. The normalized spacial score (nSPS) is 27.6. The highest BCUT2D eigenvalue weighted by Crippen LogP contribution is 2.69. The standard InChI is InChI=1S/C48H47NO2/c1-46(2)19-20-47(3,4)40-26-33(14-17-38(40)46)49(35-13-16-37-36-9-5-7-11-42(36)50-45(37)28-35)34-15-18-44-41(27-34)48(39-10-6-8-12-43(39)51-44)31-22-29-21-30(24-31)25-32(48)23-29/h5-18,26-32H,19-25H2,1-4H3. The molecule has 0 saturated heterocycles. The summed E-state index contributed by atoms with van der Waals surface area (Å²) in [6.45, 7) is 9.69. The molecule has 1 spiro atoms. The van der Waals surface area contributed by atoms with Crippen LogP contribution in [0.25, 0.3) is 21.9 Å². The summed E-state index contributed by atoms with van der Waals surface area (Å²) in [5.74, 6) is 5.19. The second kappa shape index (κ2) is 10.3. The van der Waals surface area contributed by atoms with Crippen molar-refractivity contribution in [3.05, 3.63) is 125 Å². The van der Waals surface area contributed by atoms with Gasteiger partial charge in [0.15, 0.2) is 0 Å². The topological polar surface area (TPSA) is 25.6 Å². The fourth-order valence-corrected chi connectivity index (χ4v) is 12.1. The molecule has 3 nitrogen and oxygen atoms in total. The second-order valence-corrected chi connectivity index (χ2v) is 18.1. The molecule has 0 unspecified atom stereocenters. The highest BCUT2D eigenvalue weighted by molar-refractivity contribution is 6.06. The maximum atomic E-state index is 6.84. The van der Waals surface area contributed by atoms with Crippen LogP contribution in [-0.2, 0) is 16.2 Å². The molecule has 4 fully saturated rings. The Bertz CT molecular complexity index is 2360. The van der Waals surface area contributed by atoms with E-state index in [1.165, 1.54) is 78.6 Å². The first kappa shape index (κ1) is 30.2. The molecule has 51 heavy (non-hydrogen) atoms. The van der Waals surface area contributed by atoms with Gasteiger partial charge in [-0.25, -0.2) is 0 Å². The van der Waals surface area contributed by atoms with E-state index in [2.05, 4.69) is 136 Å². The Morgan fingerprint density at radius 3 is 1.88 bits per heavy atom. The van der Waals surface area contributed by atoms with Gasteiger partial charge in [-0.3, -0.25) is 0 Å². The van der Waals surface area contributed by atoms with Crippen molar-refractivity contribution in [1.82, 2.24) is 0 Å². The van der Waals surface area contributed by atoms with Crippen LogP contribution < -0.4 is 9.64 Å². The summed E-state index contributed by atoms with van der Waals surface area (Å²) in [5.41, 5.74) is 11.4. The smallest absolute Gasteiger partial charge is 0.137 e. The average Bonchev–Trinajstić information content (AvgIpc) is 3.50. The third-order valence-corrected chi connectivity index (χ3v) is 14.4. The molecule has 0 N–H and O–H groups in total. The molecule has 1 aromatic heterocycles. The molecule has 6 aromatic rings. The number of benzene rings is 5. The van der Waals surface area contributed by atoms with E-state index in [4.69, 9.17) is 9.15 Å². The molecule has 0 radical (unpaired) electrons. The molecular formula is C48H47NO2. The van der Waals surface area contributed by atoms with Crippen LogP contribution in [0.15, 0.2) is 108 Å². The van der Waals surface area contributed by atoms with Gasteiger partial charge in [-0.1, -0.05) is 70.2 Å². The molecule has 3 heteroatoms. The molecule has 12 rings (SSSR count). The number of rotatable bonds is 3. The van der Waals surface area contributed by atoms with E-state index in [9.17, 15) is 0 Å². The molecule has 5 aliphatic carbocycles. The third-order valence-electron chi connectivity index (χ3n) is 14.4. The highest BCUT2D eigenvalue weighted by Gasteiger charge is 2.61. The molecule has 0 amide bonds. The van der Waals surface area contributed by atoms with Crippen molar-refractivity contribution in [3.63, 3.8) is 0 Å². The van der Waals surface area contributed by atoms with E-state index in [0.717, 1.165) is 51.0 Å². The molecule has 2 heterocycles. The second-order valence-electron chi connectivity index (χ2n) is 18.1. The molecule has 4 saturated carbocycles. The van der Waals surface area contributed by atoms with Gasteiger partial charge >= 0.3 is 0 Å². The predicted molar refractivity (Wildman–Crippen MR) is 208 cm³/mol. The quantitative estimate of drug-likeness (QED) is 0.188. The van der Waals surface area contributed by atoms with Crippen molar-refractivity contribution in [2.45, 2.75) is 88.9 Å². The van der Waals surface area contributed by atoms with Crippen LogP contribution in [-0.4, -0.2) is 0 Å². The number of para-hydroxylation sites is 2. The Labute approximate surface area is 301 Å². The molecule has 6 aliphatic rings. The summed E-state index contributed by atoms with van der Waals surface area (Å²) in [7, 11) is 0. The van der Waals surface area contributed by atoms with E-state index >= 15 is 0 Å². The van der Waals surface area contributed by atoms with Gasteiger partial charge in [-0.05, 0) is 145 Å². The summed E-state index contributed by atoms with van der Waals surface area (Å²) < 4.78 is 13.3. The molecule has 1 aliphatic heterocycles. The molecule has 5 aromatic carbocycles. The van der Waals surface area contributed by atoms with Gasteiger partial charge < -0.3 is 14.1 Å². The van der Waals surface area contributed by atoms with Crippen molar-refractivity contribution < 1.29 is 9.15 Å². The van der Waals surface area contributed by atoms with E-state index in [1.807, 2.05) is 0 Å². The van der Waals surface area contributed by atoms with Crippen molar-refractivity contribution >= 4 is 39.0 Å². The summed E-state index contributed by atoms with van der Waals surface area (Å²) in [6.07, 6.45) is 9.19. The number of furan rings is 1. The first-order chi connectivity index (χ1) is 24.7. The lowest BCUT2D eigenvalue weighted by Crippen LogP contribution is -2.57. The Hall–Kier alpha value is -4.50. The minimum absolute atomic E-state index is 0.0101. The summed E-state index contributed by atoms with van der Waals surface area (Å²) in [4.78, 5) is 2.50. The molecule has 0 atom stereocenters. The van der Waals surface area contributed by atoms with E-state index < -0.39 is 0 Å². The van der Waals surface area contributed by atoms with Crippen LogP contribution in [0.5, 0.6) is 11.5 Å². The summed E-state index contributed by atoms with van der Waals surface area (Å²) in [5, 5.41) is 2.32. The van der Waals surface area contributed by atoms with Crippen LogP contribution in [0.3, 0.4) is 0 Å². The number of fused-ring (bicyclic) bond motifs is 6. The van der Waals surface area contributed by atoms with Gasteiger partial charge in [0.2, 0.25) is 0 Å². The van der Waals surface area contributed by atoms with Gasteiger partial charge in [0, 0.05) is 50.4 Å². The average molecular weight is 670 g/mol. The Morgan fingerprint density at radius 2 is 1.10 bits per heavy atom. The fraction of sp³-hybridized carbons (Fsp3) is 0.375. The van der Waals surface area contributed by atoms with E-state index in [1.54, 1.807) is 0 Å². The number of hydrogen-bond acceptors (Lipinski definition) is 3. The van der Waals surface area contributed by atoms with Gasteiger partial charge in [0.05, 0.1) is 0 Å². The zero-order valence-corrected chi connectivity index (χ0v) is 30.3. The minimum Gasteiger partial charge on any atom is -0.457 e. The molecular weight excluding hydrogens is 623 g/mol. The summed E-state index contributed by atoms with van der Waals surface area (Å²) in [6, 6.07) is 38.6. The summed E-state index contributed by atoms with van der Waals surface area (Å²) >= 11 is 0. The van der Waals surface area contributed by atoms with Crippen LogP contribution in [0.2, 0.25) is 0 Å². The van der Waals surface area contributed by atoms with E-state index in [0.29, 0.717) is 11.8 Å². The van der Waals surface area contributed by atoms with Crippen molar-refractivity contribution in [2.24, 2.45) is 23.7 Å². The van der Waals surface area contributed by atoms with Gasteiger partial charge in [0.1, 0.15) is 22.7 Å². The minimum atomic E-state index is -0.0101. The lowest BCUT2D eigenvalue weighted by atomic mass is 9.42. The Morgan fingerprint density at radius 1 is 0.510 bits per heavy atom. The lowest BCUT2D eigenvalue weighted by molar-refractivity contribution is -0.0452. The van der Waals surface area contributed by atoms with Crippen LogP contribution in [0, 0.1) is 23.7 Å². The SMILES string of the molecule is CC1(C)CCC(C)(C)c2cc(N(c3ccc4c(c3)C3(c5ccccc5O4)C4CC5CC(C4)CC3C5)c3ccc4c(c3)oc3ccccc34)ccc21. The van der Waals surface area contributed by atoms with Crippen molar-refractivity contribution in [3.8, 4) is 11.5 Å². The first-order valence-electron chi connectivity index (χ1n) is 19.5. The number of ether oxygens (including phenoxy) is 1. The first-order valence-corrected chi connectivity index (χ1v) is 19.5. The largest absolute Gasteiger partial charge is 0.457 e. The number of nitrogens with zero attached hydrogens (tertiary/aromatic N) is 1. The van der Waals surface area contributed by atoms with Gasteiger partial charge in [-0.2, -0.15) is 0 Å². The maximum Gasteiger partial charge on any atom is 0.137 e. The van der Waals surface area contributed by atoms with Crippen molar-refractivity contribution in [1.29, 1.82) is 0 Å². The van der Waals surface area contributed by atoms with E-state index in [-0.39, 0.29) is 16.2 Å². The highest BCUT2D eigenvalue weighted by atomic mass is 16.5. The maximum absolute atomic E-state index is 6.84. The zero-order valence-electron chi connectivity index (χ0n) is 30.3. The fourth-order valence-electron chi connectivity index (χ4n) is 12.1. The molecule has 256 valence electrons. The van der Waals surface area contributed by atoms with Crippen LogP contribution >= 0.6 is 0 Å². The Balaban J connectivity index is 1.14. The predicted octanol–water partition coefficient (Wildman–Crippen LogP) is 13.3. The third kappa shape index (κ3) is 4.18. The van der Waals surface area contributed by atoms with Crippen LogP contribution in [0.1, 0.15) is 94.9 Å². The van der Waals surface area contributed by atoms with Gasteiger partial charge in [0.25, 0.3) is 0 Å². The number of anilines is 3. The molecule has 4 bridgehead atoms. The number of hydrogen-bond donors (Lipinski definition) is 0. The Kier molecular flexibility index (Phi) is 6.09. The zero-order chi connectivity index (χ0) is 34.3. The lowest BCUT2D eigenvalue weighted by Gasteiger charge is -2.63. The van der Waals surface area contributed by atoms with Crippen LogP contribution in [0.4, 0.5) is 17.1 Å². The van der Waals surface area contributed by atoms with Crippen molar-refractivity contribution in [2.75, 3.05) is 4.90 Å².